The molecule has 1 fully saturated rings. The van der Waals surface area contributed by atoms with Gasteiger partial charge in [-0.15, -0.1) is 10.2 Å². The van der Waals surface area contributed by atoms with Crippen molar-refractivity contribution in [1.29, 1.82) is 0 Å². The van der Waals surface area contributed by atoms with Gasteiger partial charge < -0.3 is 4.74 Å². The summed E-state index contributed by atoms with van der Waals surface area (Å²) >= 11 is 1.60. The highest BCUT2D eigenvalue weighted by atomic mass is 32.2. The minimum absolute atomic E-state index is 0.248. The minimum Gasteiger partial charge on any atom is -0.493 e. The summed E-state index contributed by atoms with van der Waals surface area (Å²) in [5, 5.41) is 9.69. The Balaban J connectivity index is 1.38. The molecule has 0 unspecified atom stereocenters. The van der Waals surface area contributed by atoms with Crippen molar-refractivity contribution < 1.29 is 13.2 Å². The Morgan fingerprint density at radius 2 is 1.77 bits per heavy atom. The Hall–Kier alpha value is -2.36. The number of aromatic nitrogens is 3. The molecular weight excluding hydrogens is 420 g/mol. The number of para-hydroxylation sites is 1. The van der Waals surface area contributed by atoms with Crippen LogP contribution in [-0.2, 0) is 10.0 Å². The predicted octanol–water partition coefficient (Wildman–Crippen LogP) is 3.57. The molecule has 0 aliphatic heterocycles. The quantitative estimate of drug-likeness (QED) is 0.371. The molecule has 3 aromatic rings. The fourth-order valence-corrected chi connectivity index (χ4v) is 4.69. The van der Waals surface area contributed by atoms with Crippen LogP contribution >= 0.6 is 11.8 Å². The fourth-order valence-electron chi connectivity index (χ4n) is 3.01. The van der Waals surface area contributed by atoms with Gasteiger partial charge in [0.25, 0.3) is 0 Å². The maximum absolute atomic E-state index is 12.1. The van der Waals surface area contributed by atoms with Crippen LogP contribution < -0.4 is 4.74 Å². The molecule has 0 spiro atoms. The summed E-state index contributed by atoms with van der Waals surface area (Å²) in [7, 11) is -0.403. The van der Waals surface area contributed by atoms with Crippen molar-refractivity contribution in [3.63, 3.8) is 0 Å². The van der Waals surface area contributed by atoms with Gasteiger partial charge in [0.05, 0.1) is 11.5 Å². The normalized spacial score (nSPS) is 14.2. The number of sulfonamides is 1. The highest BCUT2D eigenvalue weighted by Crippen LogP contribution is 2.41. The van der Waals surface area contributed by atoms with Gasteiger partial charge in [0.2, 0.25) is 10.0 Å². The van der Waals surface area contributed by atoms with Crippen LogP contribution in [-0.4, -0.2) is 53.9 Å². The van der Waals surface area contributed by atoms with Crippen LogP contribution in [0.25, 0.3) is 5.69 Å². The SMILES string of the molecule is CN(C)S(=O)(=O)c1ccc(OCCSc2nnc(C3CC3)n2-c2ccccc2)cc1. The number of nitrogens with zero attached hydrogens (tertiary/aromatic N) is 4. The summed E-state index contributed by atoms with van der Waals surface area (Å²) in [5.74, 6) is 2.87. The van der Waals surface area contributed by atoms with E-state index in [9.17, 15) is 8.42 Å². The van der Waals surface area contributed by atoms with Crippen molar-refractivity contribution in [3.8, 4) is 11.4 Å². The summed E-state index contributed by atoms with van der Waals surface area (Å²) in [6, 6.07) is 16.7. The molecule has 9 heteroatoms. The van der Waals surface area contributed by atoms with Gasteiger partial charge in [0, 0.05) is 31.5 Å². The Kier molecular flexibility index (Phi) is 6.12. The van der Waals surface area contributed by atoms with E-state index in [-0.39, 0.29) is 4.90 Å². The van der Waals surface area contributed by atoms with Crippen molar-refractivity contribution in [3.05, 3.63) is 60.4 Å². The Bertz CT molecular complexity index is 1090. The maximum atomic E-state index is 12.1. The number of thioether (sulfide) groups is 1. The van der Waals surface area contributed by atoms with Crippen molar-refractivity contribution in [2.45, 2.75) is 28.8 Å². The van der Waals surface area contributed by atoms with Crippen LogP contribution in [0.4, 0.5) is 0 Å². The van der Waals surface area contributed by atoms with Crippen molar-refractivity contribution in [1.82, 2.24) is 19.1 Å². The number of ether oxygens (including phenoxy) is 1. The Morgan fingerprint density at radius 1 is 1.07 bits per heavy atom. The van der Waals surface area contributed by atoms with E-state index in [0.29, 0.717) is 24.0 Å². The minimum atomic E-state index is -3.43. The molecule has 0 atom stereocenters. The molecule has 158 valence electrons. The zero-order chi connectivity index (χ0) is 21.1. The van der Waals surface area contributed by atoms with Gasteiger partial charge in [-0.1, -0.05) is 30.0 Å². The molecule has 2 aromatic carbocycles. The zero-order valence-electron chi connectivity index (χ0n) is 16.9. The van der Waals surface area contributed by atoms with Crippen molar-refractivity contribution in [2.24, 2.45) is 0 Å². The van der Waals surface area contributed by atoms with Gasteiger partial charge in [0.1, 0.15) is 11.6 Å². The molecule has 0 amide bonds. The molecule has 7 nitrogen and oxygen atoms in total. The molecule has 1 aromatic heterocycles. The molecular formula is C21H24N4O3S2. The molecule has 1 saturated carbocycles. The third kappa shape index (κ3) is 4.53. The van der Waals surface area contributed by atoms with E-state index in [0.717, 1.165) is 29.5 Å². The van der Waals surface area contributed by atoms with Gasteiger partial charge in [-0.05, 0) is 49.2 Å². The van der Waals surface area contributed by atoms with E-state index in [1.54, 1.807) is 36.0 Å². The highest BCUT2D eigenvalue weighted by molar-refractivity contribution is 7.99. The van der Waals surface area contributed by atoms with Gasteiger partial charge in [-0.25, -0.2) is 12.7 Å². The van der Waals surface area contributed by atoms with Crippen LogP contribution in [0.1, 0.15) is 24.6 Å². The lowest BCUT2D eigenvalue weighted by molar-refractivity contribution is 0.343. The predicted molar refractivity (Wildman–Crippen MR) is 117 cm³/mol. The standard InChI is InChI=1S/C21H24N4O3S2/c1-24(2)30(26,27)19-12-10-18(11-13-19)28-14-15-29-21-23-22-20(16-8-9-16)25(21)17-6-4-3-5-7-17/h3-7,10-13,16H,8-9,14-15H2,1-2H3. The van der Waals surface area contributed by atoms with Gasteiger partial charge in [-0.2, -0.15) is 0 Å². The first-order valence-electron chi connectivity index (χ1n) is 9.76. The number of rotatable bonds is 9. The molecule has 0 bridgehead atoms. The van der Waals surface area contributed by atoms with E-state index in [1.807, 2.05) is 18.2 Å². The summed E-state index contributed by atoms with van der Waals surface area (Å²) in [5.41, 5.74) is 1.07. The first-order chi connectivity index (χ1) is 14.5. The molecule has 4 rings (SSSR count). The molecule has 0 N–H and O–H groups in total. The topological polar surface area (TPSA) is 77.3 Å². The van der Waals surface area contributed by atoms with Crippen LogP contribution in [0.5, 0.6) is 5.75 Å². The molecule has 30 heavy (non-hydrogen) atoms. The largest absolute Gasteiger partial charge is 0.493 e. The summed E-state index contributed by atoms with van der Waals surface area (Å²) in [6.45, 7) is 0.477. The van der Waals surface area contributed by atoms with Crippen LogP contribution in [0.2, 0.25) is 0 Å². The second-order valence-electron chi connectivity index (χ2n) is 7.24. The summed E-state index contributed by atoms with van der Waals surface area (Å²) in [4.78, 5) is 0.248. The van der Waals surface area contributed by atoms with E-state index < -0.39 is 10.0 Å². The lowest BCUT2D eigenvalue weighted by Gasteiger charge is -2.12. The third-order valence-electron chi connectivity index (χ3n) is 4.80. The molecule has 1 heterocycles. The number of hydrogen-bond donors (Lipinski definition) is 0. The average molecular weight is 445 g/mol. The number of hydrogen-bond acceptors (Lipinski definition) is 6. The molecule has 0 radical (unpaired) electrons. The number of benzene rings is 2. The summed E-state index contributed by atoms with van der Waals surface area (Å²) < 4.78 is 33.4. The third-order valence-corrected chi connectivity index (χ3v) is 7.52. The Labute approximate surface area is 181 Å². The lowest BCUT2D eigenvalue weighted by atomic mass is 10.3. The van der Waals surface area contributed by atoms with Crippen LogP contribution in [0, 0.1) is 0 Å². The molecule has 1 aliphatic rings. The van der Waals surface area contributed by atoms with E-state index in [4.69, 9.17) is 4.74 Å². The second-order valence-corrected chi connectivity index (χ2v) is 10.5. The fraction of sp³-hybridized carbons (Fsp3) is 0.333. The highest BCUT2D eigenvalue weighted by Gasteiger charge is 2.31. The maximum Gasteiger partial charge on any atom is 0.242 e. The van der Waals surface area contributed by atoms with Gasteiger partial charge >= 0.3 is 0 Å². The Morgan fingerprint density at radius 3 is 2.40 bits per heavy atom. The van der Waals surface area contributed by atoms with E-state index in [1.165, 1.54) is 18.4 Å². The van der Waals surface area contributed by atoms with Crippen molar-refractivity contribution in [2.75, 3.05) is 26.5 Å². The molecule has 0 saturated heterocycles. The molecule has 1 aliphatic carbocycles. The van der Waals surface area contributed by atoms with Crippen LogP contribution in [0.3, 0.4) is 0 Å². The average Bonchev–Trinajstić information content (AvgIpc) is 3.51. The van der Waals surface area contributed by atoms with E-state index >= 15 is 0 Å². The van der Waals surface area contributed by atoms with Crippen molar-refractivity contribution >= 4 is 21.8 Å². The smallest absolute Gasteiger partial charge is 0.242 e. The summed E-state index contributed by atoms with van der Waals surface area (Å²) in [6.07, 6.45) is 2.33. The van der Waals surface area contributed by atoms with Crippen LogP contribution in [0.15, 0.2) is 64.6 Å². The lowest BCUT2D eigenvalue weighted by Crippen LogP contribution is -2.22. The monoisotopic (exact) mass is 444 g/mol. The second kappa shape index (κ2) is 8.79. The van der Waals surface area contributed by atoms with Gasteiger partial charge in [-0.3, -0.25) is 4.57 Å². The van der Waals surface area contributed by atoms with E-state index in [2.05, 4.69) is 26.9 Å². The first-order valence-corrected chi connectivity index (χ1v) is 12.2. The first kappa shape index (κ1) is 20.9. The van der Waals surface area contributed by atoms with Gasteiger partial charge in [0.15, 0.2) is 5.16 Å². The zero-order valence-corrected chi connectivity index (χ0v) is 18.6.